The molecule has 1 N–H and O–H groups in total. The Labute approximate surface area is 116 Å². The van der Waals surface area contributed by atoms with Crippen molar-refractivity contribution in [3.63, 3.8) is 0 Å². The van der Waals surface area contributed by atoms with Gasteiger partial charge >= 0.3 is 0 Å². The summed E-state index contributed by atoms with van der Waals surface area (Å²) in [5, 5.41) is 3.04. The molecule has 6 heteroatoms. The summed E-state index contributed by atoms with van der Waals surface area (Å²) in [6.45, 7) is 2.22. The summed E-state index contributed by atoms with van der Waals surface area (Å²) in [6, 6.07) is 0. The summed E-state index contributed by atoms with van der Waals surface area (Å²) in [5.41, 5.74) is 0. The van der Waals surface area contributed by atoms with Gasteiger partial charge in [-0.2, -0.15) is 4.31 Å². The molecule has 1 saturated heterocycles. The molecule has 2 aliphatic rings. The van der Waals surface area contributed by atoms with Crippen molar-refractivity contribution in [2.75, 3.05) is 39.0 Å². The van der Waals surface area contributed by atoms with E-state index in [9.17, 15) is 8.42 Å². The first-order valence-corrected chi connectivity index (χ1v) is 8.97. The van der Waals surface area contributed by atoms with Crippen molar-refractivity contribution < 1.29 is 13.2 Å². The van der Waals surface area contributed by atoms with Gasteiger partial charge in [0.1, 0.15) is 0 Å². The Hall–Kier alpha value is -0.170. The van der Waals surface area contributed by atoms with E-state index in [4.69, 9.17) is 4.74 Å². The van der Waals surface area contributed by atoms with Gasteiger partial charge in [-0.3, -0.25) is 0 Å². The Bertz CT molecular complexity index is 364. The van der Waals surface area contributed by atoms with E-state index in [0.29, 0.717) is 37.9 Å². The summed E-state index contributed by atoms with van der Waals surface area (Å²) in [7, 11) is -1.25. The molecule has 19 heavy (non-hydrogen) atoms. The summed E-state index contributed by atoms with van der Waals surface area (Å²) < 4.78 is 32.1. The predicted octanol–water partition coefficient (Wildman–Crippen LogP) is 0.817. The van der Waals surface area contributed by atoms with Gasteiger partial charge in [-0.1, -0.05) is 19.3 Å². The van der Waals surface area contributed by atoms with Crippen LogP contribution in [0.15, 0.2) is 0 Å². The van der Waals surface area contributed by atoms with Gasteiger partial charge in [0.2, 0.25) is 10.0 Å². The lowest BCUT2D eigenvalue weighted by Gasteiger charge is -2.33. The van der Waals surface area contributed by atoms with Crippen molar-refractivity contribution in [3.05, 3.63) is 0 Å². The zero-order chi connectivity index (χ0) is 13.7. The molecule has 112 valence electrons. The number of hydrogen-bond donors (Lipinski definition) is 1. The summed E-state index contributed by atoms with van der Waals surface area (Å²) in [6.07, 6.45) is 5.77. The first kappa shape index (κ1) is 15.2. The van der Waals surface area contributed by atoms with Gasteiger partial charge in [0.25, 0.3) is 0 Å². The van der Waals surface area contributed by atoms with Gasteiger partial charge in [0.05, 0.1) is 18.5 Å². The van der Waals surface area contributed by atoms with Crippen LogP contribution in [-0.2, 0) is 14.8 Å². The Morgan fingerprint density at radius 3 is 2.68 bits per heavy atom. The second-order valence-corrected chi connectivity index (χ2v) is 7.70. The lowest BCUT2D eigenvalue weighted by atomic mass is 9.91. The second kappa shape index (κ2) is 7.02. The Kier molecular flexibility index (Phi) is 5.62. The largest absolute Gasteiger partial charge is 0.374 e. The van der Waals surface area contributed by atoms with E-state index >= 15 is 0 Å². The Balaban J connectivity index is 1.90. The molecule has 0 aromatic rings. The zero-order valence-corrected chi connectivity index (χ0v) is 12.6. The fourth-order valence-corrected chi connectivity index (χ4v) is 4.94. The van der Waals surface area contributed by atoms with Gasteiger partial charge < -0.3 is 10.1 Å². The van der Waals surface area contributed by atoms with Crippen LogP contribution in [0.1, 0.15) is 32.1 Å². The third-order valence-electron chi connectivity index (χ3n) is 4.10. The van der Waals surface area contributed by atoms with Crippen molar-refractivity contribution in [1.29, 1.82) is 0 Å². The maximum absolute atomic E-state index is 12.5. The molecular weight excluding hydrogens is 264 g/mol. The first-order valence-electron chi connectivity index (χ1n) is 7.36. The second-order valence-electron chi connectivity index (χ2n) is 5.69. The van der Waals surface area contributed by atoms with Gasteiger partial charge in [-0.25, -0.2) is 8.42 Å². The predicted molar refractivity (Wildman–Crippen MR) is 75.6 cm³/mol. The number of sulfonamides is 1. The standard InChI is InChI=1S/C13H26N2O3S/c1-14-9-13-10-15(7-8-18-13)19(16,17)11-12-5-3-2-4-6-12/h12-14H,2-11H2,1H3. The van der Waals surface area contributed by atoms with E-state index in [0.717, 1.165) is 12.8 Å². The van der Waals surface area contributed by atoms with Gasteiger partial charge in [0.15, 0.2) is 0 Å². The van der Waals surface area contributed by atoms with Crippen LogP contribution in [0.2, 0.25) is 0 Å². The third-order valence-corrected chi connectivity index (χ3v) is 6.11. The molecule has 0 amide bonds. The number of likely N-dealkylation sites (N-methyl/N-ethyl adjacent to an activating group) is 1. The highest BCUT2D eigenvalue weighted by molar-refractivity contribution is 7.89. The molecule has 5 nitrogen and oxygen atoms in total. The van der Waals surface area contributed by atoms with E-state index in [1.54, 1.807) is 4.31 Å². The smallest absolute Gasteiger partial charge is 0.214 e. The van der Waals surface area contributed by atoms with E-state index in [2.05, 4.69) is 5.32 Å². The SMILES string of the molecule is CNCC1CN(S(=O)(=O)CC2CCCCC2)CCO1. The van der Waals surface area contributed by atoms with E-state index in [1.165, 1.54) is 19.3 Å². The molecule has 2 rings (SSSR count). The van der Waals surface area contributed by atoms with Crippen LogP contribution in [0, 0.1) is 5.92 Å². The summed E-state index contributed by atoms with van der Waals surface area (Å²) in [5.74, 6) is 0.698. The van der Waals surface area contributed by atoms with Crippen molar-refractivity contribution >= 4 is 10.0 Å². The van der Waals surface area contributed by atoms with Crippen LogP contribution < -0.4 is 5.32 Å². The summed E-state index contributed by atoms with van der Waals surface area (Å²) in [4.78, 5) is 0. The van der Waals surface area contributed by atoms with Crippen LogP contribution in [0.3, 0.4) is 0 Å². The number of nitrogens with one attached hydrogen (secondary N) is 1. The molecule has 2 fully saturated rings. The van der Waals surface area contributed by atoms with Crippen LogP contribution in [0.25, 0.3) is 0 Å². The van der Waals surface area contributed by atoms with Crippen LogP contribution in [-0.4, -0.2) is 57.9 Å². The van der Waals surface area contributed by atoms with Gasteiger partial charge in [-0.05, 0) is 25.8 Å². The maximum Gasteiger partial charge on any atom is 0.214 e. The Morgan fingerprint density at radius 2 is 2.00 bits per heavy atom. The van der Waals surface area contributed by atoms with Crippen LogP contribution in [0.4, 0.5) is 0 Å². The average Bonchev–Trinajstić information content (AvgIpc) is 2.40. The average molecular weight is 290 g/mol. The van der Waals surface area contributed by atoms with Crippen molar-refractivity contribution in [3.8, 4) is 0 Å². The van der Waals surface area contributed by atoms with E-state index in [1.807, 2.05) is 7.05 Å². The first-order chi connectivity index (χ1) is 9.12. The fourth-order valence-electron chi connectivity index (χ4n) is 3.05. The normalized spacial score (nSPS) is 27.5. The molecule has 1 aliphatic carbocycles. The minimum Gasteiger partial charge on any atom is -0.374 e. The fraction of sp³-hybridized carbons (Fsp3) is 1.00. The molecule has 1 atom stereocenters. The molecule has 1 heterocycles. The quantitative estimate of drug-likeness (QED) is 0.814. The molecule has 0 spiro atoms. The number of ether oxygens (including phenoxy) is 1. The lowest BCUT2D eigenvalue weighted by Crippen LogP contribution is -2.49. The van der Waals surface area contributed by atoms with Crippen molar-refractivity contribution in [2.24, 2.45) is 5.92 Å². The highest BCUT2D eigenvalue weighted by atomic mass is 32.2. The minimum absolute atomic E-state index is 0.0140. The molecule has 1 aliphatic heterocycles. The topological polar surface area (TPSA) is 58.6 Å². The maximum atomic E-state index is 12.5. The van der Waals surface area contributed by atoms with Crippen LogP contribution in [0.5, 0.6) is 0 Å². The monoisotopic (exact) mass is 290 g/mol. The molecule has 0 bridgehead atoms. The van der Waals surface area contributed by atoms with Gasteiger partial charge in [0, 0.05) is 19.6 Å². The van der Waals surface area contributed by atoms with E-state index < -0.39 is 10.0 Å². The number of morpholine rings is 1. The molecule has 0 aromatic carbocycles. The molecule has 0 aromatic heterocycles. The summed E-state index contributed by atoms with van der Waals surface area (Å²) >= 11 is 0. The number of nitrogens with zero attached hydrogens (tertiary/aromatic N) is 1. The number of rotatable bonds is 5. The van der Waals surface area contributed by atoms with E-state index in [-0.39, 0.29) is 6.10 Å². The minimum atomic E-state index is -3.11. The molecule has 1 saturated carbocycles. The molecule has 0 radical (unpaired) electrons. The zero-order valence-electron chi connectivity index (χ0n) is 11.8. The molecule has 1 unspecified atom stereocenters. The lowest BCUT2D eigenvalue weighted by molar-refractivity contribution is 0.000699. The molecular formula is C13H26N2O3S. The third kappa shape index (κ3) is 4.41. The Morgan fingerprint density at radius 1 is 1.26 bits per heavy atom. The number of hydrogen-bond acceptors (Lipinski definition) is 4. The van der Waals surface area contributed by atoms with Crippen molar-refractivity contribution in [2.45, 2.75) is 38.2 Å². The van der Waals surface area contributed by atoms with Gasteiger partial charge in [-0.15, -0.1) is 0 Å². The highest BCUT2D eigenvalue weighted by Gasteiger charge is 2.31. The highest BCUT2D eigenvalue weighted by Crippen LogP contribution is 2.26. The van der Waals surface area contributed by atoms with Crippen molar-refractivity contribution in [1.82, 2.24) is 9.62 Å². The van der Waals surface area contributed by atoms with Crippen LogP contribution >= 0.6 is 0 Å².